The minimum atomic E-state index is -0.910. The van der Waals surface area contributed by atoms with Crippen LogP contribution >= 0.6 is 15.9 Å². The number of anilines is 2. The van der Waals surface area contributed by atoms with Gasteiger partial charge < -0.3 is 30.0 Å². The molecule has 3 aromatic rings. The third kappa shape index (κ3) is 6.30. The van der Waals surface area contributed by atoms with Crippen molar-refractivity contribution in [1.29, 1.82) is 0 Å². The number of nitrogen functional groups attached to an aromatic ring is 1. The summed E-state index contributed by atoms with van der Waals surface area (Å²) >= 11 is 3.43. The number of ether oxygens (including phenoxy) is 2. The fourth-order valence-corrected chi connectivity index (χ4v) is 4.60. The SMILES string of the molecule is CCOC(=O)c1cn(-c2cc(N)c(F)cc2COC(C)=O)c2c(Br)c(NCCCN(C)C)c(F)cc2c1=O. The molecule has 0 atom stereocenters. The lowest BCUT2D eigenvalue weighted by Crippen LogP contribution is -2.22. The molecule has 9 nitrogen and oxygen atoms in total. The van der Waals surface area contributed by atoms with E-state index in [1.165, 1.54) is 23.8 Å². The van der Waals surface area contributed by atoms with Gasteiger partial charge in [-0.2, -0.15) is 0 Å². The zero-order chi connectivity index (χ0) is 28.1. The summed E-state index contributed by atoms with van der Waals surface area (Å²) in [4.78, 5) is 39.5. The van der Waals surface area contributed by atoms with Crippen LogP contribution in [0.1, 0.15) is 36.2 Å². The van der Waals surface area contributed by atoms with Gasteiger partial charge in [0, 0.05) is 25.2 Å². The number of benzene rings is 2. The molecule has 0 spiro atoms. The maximum atomic E-state index is 15.3. The molecule has 38 heavy (non-hydrogen) atoms. The van der Waals surface area contributed by atoms with E-state index >= 15 is 4.39 Å². The summed E-state index contributed by atoms with van der Waals surface area (Å²) in [7, 11) is 3.85. The van der Waals surface area contributed by atoms with Gasteiger partial charge in [-0.25, -0.2) is 13.6 Å². The highest BCUT2D eigenvalue weighted by Crippen LogP contribution is 2.36. The molecule has 1 heterocycles. The molecular weight excluding hydrogens is 566 g/mol. The number of aromatic nitrogens is 1. The Morgan fingerprint density at radius 3 is 2.50 bits per heavy atom. The van der Waals surface area contributed by atoms with Crippen molar-refractivity contribution >= 4 is 50.1 Å². The van der Waals surface area contributed by atoms with Gasteiger partial charge in [0.15, 0.2) is 0 Å². The van der Waals surface area contributed by atoms with Crippen molar-refractivity contribution in [3.05, 3.63) is 61.9 Å². The molecule has 0 saturated heterocycles. The number of carbonyl (C=O) groups excluding carboxylic acids is 2. The van der Waals surface area contributed by atoms with E-state index in [-0.39, 0.29) is 56.8 Å². The van der Waals surface area contributed by atoms with Crippen LogP contribution in [0.2, 0.25) is 0 Å². The lowest BCUT2D eigenvalue weighted by Gasteiger charge is -2.20. The van der Waals surface area contributed by atoms with Gasteiger partial charge in [0.25, 0.3) is 0 Å². The Morgan fingerprint density at radius 1 is 1.16 bits per heavy atom. The van der Waals surface area contributed by atoms with E-state index < -0.39 is 29.0 Å². The molecule has 0 aliphatic heterocycles. The fourth-order valence-electron chi connectivity index (χ4n) is 3.87. The highest BCUT2D eigenvalue weighted by molar-refractivity contribution is 9.10. The van der Waals surface area contributed by atoms with Crippen LogP contribution in [0.15, 0.2) is 33.7 Å². The number of nitrogens with zero attached hydrogens (tertiary/aromatic N) is 2. The van der Waals surface area contributed by atoms with E-state index in [0.29, 0.717) is 13.0 Å². The van der Waals surface area contributed by atoms with E-state index in [1.807, 2.05) is 19.0 Å². The number of rotatable bonds is 10. The average Bonchev–Trinajstić information content (AvgIpc) is 2.84. The van der Waals surface area contributed by atoms with Crippen LogP contribution in [0.3, 0.4) is 0 Å². The van der Waals surface area contributed by atoms with Crippen molar-refractivity contribution in [3.63, 3.8) is 0 Å². The van der Waals surface area contributed by atoms with Gasteiger partial charge in [-0.05, 0) is 68.1 Å². The van der Waals surface area contributed by atoms with Crippen LogP contribution < -0.4 is 16.5 Å². The van der Waals surface area contributed by atoms with Crippen LogP contribution in [0, 0.1) is 11.6 Å². The van der Waals surface area contributed by atoms with Crippen molar-refractivity contribution < 1.29 is 27.8 Å². The van der Waals surface area contributed by atoms with Crippen molar-refractivity contribution in [2.75, 3.05) is 44.8 Å². The van der Waals surface area contributed by atoms with E-state index in [4.69, 9.17) is 15.2 Å². The van der Waals surface area contributed by atoms with Crippen molar-refractivity contribution in [2.45, 2.75) is 26.9 Å². The number of hydrogen-bond acceptors (Lipinski definition) is 8. The Balaban J connectivity index is 2.35. The van der Waals surface area contributed by atoms with Crippen LogP contribution in [-0.4, -0.2) is 55.2 Å². The normalized spacial score (nSPS) is 11.2. The summed E-state index contributed by atoms with van der Waals surface area (Å²) in [6.45, 7) is 3.67. The van der Waals surface area contributed by atoms with Crippen LogP contribution in [-0.2, 0) is 20.9 Å². The lowest BCUT2D eigenvalue weighted by molar-refractivity contribution is -0.142. The predicted octanol–water partition coefficient (Wildman–Crippen LogP) is 4.22. The monoisotopic (exact) mass is 594 g/mol. The number of esters is 2. The Hall–Kier alpha value is -3.51. The first-order valence-corrected chi connectivity index (χ1v) is 12.6. The van der Waals surface area contributed by atoms with E-state index in [9.17, 15) is 18.8 Å². The molecule has 0 bridgehead atoms. The molecule has 1 aromatic heterocycles. The number of hydrogen-bond donors (Lipinski definition) is 2. The highest BCUT2D eigenvalue weighted by atomic mass is 79.9. The van der Waals surface area contributed by atoms with Gasteiger partial charge in [0.2, 0.25) is 5.43 Å². The van der Waals surface area contributed by atoms with Crippen LogP contribution in [0.5, 0.6) is 0 Å². The standard InChI is InChI=1S/C26H29BrF2N4O5/c1-5-37-26(36)17-12-33(21-11-20(30)18(28)9-15(21)13-38-14(2)34)24-16(25(17)35)10-19(29)23(22(24)27)31-7-6-8-32(3)4/h9-12,31H,5-8,13,30H2,1-4H3. The largest absolute Gasteiger partial charge is 0.462 e. The quantitative estimate of drug-likeness (QED) is 0.204. The number of pyridine rings is 1. The summed E-state index contributed by atoms with van der Waals surface area (Å²) in [5.74, 6) is -2.97. The maximum Gasteiger partial charge on any atom is 0.343 e. The number of nitrogens with one attached hydrogen (secondary N) is 1. The zero-order valence-electron chi connectivity index (χ0n) is 21.5. The minimum Gasteiger partial charge on any atom is -0.462 e. The third-order valence-electron chi connectivity index (χ3n) is 5.65. The Bertz CT molecular complexity index is 1440. The second kappa shape index (κ2) is 12.4. The molecule has 0 unspecified atom stereocenters. The van der Waals surface area contributed by atoms with E-state index in [1.54, 1.807) is 6.92 Å². The summed E-state index contributed by atoms with van der Waals surface area (Å²) in [6, 6.07) is 3.42. The molecule has 0 radical (unpaired) electrons. The molecule has 0 amide bonds. The molecule has 0 aliphatic rings. The Labute approximate surface area is 226 Å². The van der Waals surface area contributed by atoms with Crippen molar-refractivity contribution in [2.24, 2.45) is 0 Å². The van der Waals surface area contributed by atoms with Gasteiger partial charge in [-0.15, -0.1) is 0 Å². The topological polar surface area (TPSA) is 116 Å². The van der Waals surface area contributed by atoms with Gasteiger partial charge >= 0.3 is 11.9 Å². The molecule has 3 N–H and O–H groups in total. The van der Waals surface area contributed by atoms with Crippen molar-refractivity contribution in [1.82, 2.24) is 9.47 Å². The third-order valence-corrected chi connectivity index (χ3v) is 6.42. The first-order valence-electron chi connectivity index (χ1n) is 11.8. The van der Waals surface area contributed by atoms with E-state index in [0.717, 1.165) is 18.7 Å². The van der Waals surface area contributed by atoms with Crippen LogP contribution in [0.25, 0.3) is 16.6 Å². The first-order chi connectivity index (χ1) is 18.0. The molecule has 2 aromatic carbocycles. The molecular formula is C26H29BrF2N4O5. The zero-order valence-corrected chi connectivity index (χ0v) is 23.1. The summed E-state index contributed by atoms with van der Waals surface area (Å²) in [5.41, 5.74) is 5.23. The Morgan fingerprint density at radius 2 is 1.87 bits per heavy atom. The molecule has 0 fully saturated rings. The molecule has 0 saturated carbocycles. The van der Waals surface area contributed by atoms with Crippen LogP contribution in [0.4, 0.5) is 20.2 Å². The number of nitrogens with two attached hydrogens (primary N) is 1. The van der Waals surface area contributed by atoms with E-state index in [2.05, 4.69) is 21.2 Å². The fraction of sp³-hybridized carbons (Fsp3) is 0.346. The van der Waals surface area contributed by atoms with Gasteiger partial charge in [0.05, 0.1) is 39.0 Å². The molecule has 0 aliphatic carbocycles. The lowest BCUT2D eigenvalue weighted by atomic mass is 10.1. The second-order valence-electron chi connectivity index (χ2n) is 8.77. The number of carbonyl (C=O) groups is 2. The molecule has 3 rings (SSSR count). The number of fused-ring (bicyclic) bond motifs is 1. The highest BCUT2D eigenvalue weighted by Gasteiger charge is 2.24. The Kier molecular flexibility index (Phi) is 9.45. The predicted molar refractivity (Wildman–Crippen MR) is 145 cm³/mol. The summed E-state index contributed by atoms with van der Waals surface area (Å²) in [6.07, 6.45) is 1.94. The first kappa shape index (κ1) is 29.1. The maximum absolute atomic E-state index is 15.3. The second-order valence-corrected chi connectivity index (χ2v) is 9.57. The molecule has 204 valence electrons. The summed E-state index contributed by atoms with van der Waals surface area (Å²) < 4.78 is 41.5. The average molecular weight is 595 g/mol. The van der Waals surface area contributed by atoms with Crippen molar-refractivity contribution in [3.8, 4) is 5.69 Å². The summed E-state index contributed by atoms with van der Waals surface area (Å²) in [5, 5.41) is 2.93. The minimum absolute atomic E-state index is 0.00533. The van der Waals surface area contributed by atoms with Gasteiger partial charge in [0.1, 0.15) is 23.8 Å². The number of halogens is 3. The smallest absolute Gasteiger partial charge is 0.343 e. The van der Waals surface area contributed by atoms with Gasteiger partial charge in [-0.1, -0.05) is 0 Å². The van der Waals surface area contributed by atoms with Gasteiger partial charge in [-0.3, -0.25) is 9.59 Å². The molecule has 12 heteroatoms.